The van der Waals surface area contributed by atoms with E-state index in [1.54, 1.807) is 6.92 Å². The van der Waals surface area contributed by atoms with Crippen molar-refractivity contribution in [2.24, 2.45) is 0 Å². The van der Waals surface area contributed by atoms with E-state index in [1.165, 1.54) is 28.8 Å². The van der Waals surface area contributed by atoms with E-state index in [-0.39, 0.29) is 5.91 Å². The lowest BCUT2D eigenvalue weighted by Gasteiger charge is -2.30. The minimum atomic E-state index is 0.124. The fraction of sp³-hybridized carbons (Fsp3) is 0.286. The van der Waals surface area contributed by atoms with Crippen LogP contribution >= 0.6 is 0 Å². The highest BCUT2D eigenvalue weighted by Crippen LogP contribution is 2.34. The zero-order valence-electron chi connectivity index (χ0n) is 13.7. The number of allylic oxidation sites excluding steroid dienone is 2. The molecule has 1 amide bonds. The van der Waals surface area contributed by atoms with Crippen molar-refractivity contribution in [3.8, 4) is 0 Å². The normalized spacial score (nSPS) is 14.7. The molecule has 0 saturated heterocycles. The van der Waals surface area contributed by atoms with Crippen LogP contribution < -0.4 is 0 Å². The predicted molar refractivity (Wildman–Crippen MR) is 94.5 cm³/mol. The maximum atomic E-state index is 12.3. The third kappa shape index (κ3) is 3.70. The van der Waals surface area contributed by atoms with Crippen LogP contribution in [0, 0.1) is 0 Å². The molecule has 1 aliphatic rings. The van der Waals surface area contributed by atoms with Crippen molar-refractivity contribution in [1.82, 2.24) is 4.90 Å². The van der Waals surface area contributed by atoms with Crippen LogP contribution in [-0.4, -0.2) is 10.8 Å². The monoisotopic (exact) mass is 305 g/mol. The molecule has 0 atom stereocenters. The number of hydrogen-bond acceptors (Lipinski definition) is 1. The van der Waals surface area contributed by atoms with E-state index < -0.39 is 0 Å². The number of hydrogen-bond donors (Lipinski definition) is 0. The highest BCUT2D eigenvalue weighted by Gasteiger charge is 2.22. The Kier molecular flexibility index (Phi) is 4.92. The third-order valence-electron chi connectivity index (χ3n) is 4.45. The van der Waals surface area contributed by atoms with Gasteiger partial charge >= 0.3 is 0 Å². The van der Waals surface area contributed by atoms with Crippen molar-refractivity contribution >= 4 is 11.5 Å². The fourth-order valence-electron chi connectivity index (χ4n) is 3.30. The highest BCUT2D eigenvalue weighted by atomic mass is 16.2. The van der Waals surface area contributed by atoms with Crippen LogP contribution in [0.3, 0.4) is 0 Å². The number of rotatable bonds is 4. The molecule has 2 heteroatoms. The zero-order valence-corrected chi connectivity index (χ0v) is 13.7. The molecular formula is C21H23NO. The van der Waals surface area contributed by atoms with E-state index in [0.717, 1.165) is 19.3 Å². The van der Waals surface area contributed by atoms with E-state index in [4.69, 9.17) is 0 Å². The number of nitrogens with zero attached hydrogens (tertiary/aromatic N) is 1. The molecule has 2 nitrogen and oxygen atoms in total. The predicted octanol–water partition coefficient (Wildman–Crippen LogP) is 5.02. The van der Waals surface area contributed by atoms with Gasteiger partial charge < -0.3 is 4.90 Å². The molecule has 0 N–H and O–H groups in total. The zero-order chi connectivity index (χ0) is 16.1. The number of amides is 1. The number of benzene rings is 2. The average Bonchev–Trinajstić information content (AvgIpc) is 2.61. The number of carbonyl (C=O) groups is 1. The standard InChI is InChI=1S/C21H23NO/c1-17(23)22(16-18-10-4-2-5-11-18)21-15-9-8-14-20(21)19-12-6-3-7-13-19/h2-7,10-13H,8-9,14-16H2,1H3. The van der Waals surface area contributed by atoms with Crippen LogP contribution in [0.4, 0.5) is 0 Å². The maximum Gasteiger partial charge on any atom is 0.223 e. The molecule has 3 rings (SSSR count). The Labute approximate surface area is 138 Å². The number of carbonyl (C=O) groups excluding carboxylic acids is 1. The van der Waals surface area contributed by atoms with E-state index >= 15 is 0 Å². The van der Waals surface area contributed by atoms with Crippen molar-refractivity contribution in [3.05, 3.63) is 77.5 Å². The molecule has 2 aromatic rings. The first-order valence-electron chi connectivity index (χ1n) is 8.35. The van der Waals surface area contributed by atoms with Crippen molar-refractivity contribution < 1.29 is 4.79 Å². The van der Waals surface area contributed by atoms with Crippen LogP contribution in [-0.2, 0) is 11.3 Å². The molecule has 0 radical (unpaired) electrons. The summed E-state index contributed by atoms with van der Waals surface area (Å²) in [6.45, 7) is 2.33. The summed E-state index contributed by atoms with van der Waals surface area (Å²) in [5.74, 6) is 0.124. The van der Waals surface area contributed by atoms with Crippen LogP contribution in [0.2, 0.25) is 0 Å². The SMILES string of the molecule is CC(=O)N(Cc1ccccc1)C1=C(c2ccccc2)CCCC1. The summed E-state index contributed by atoms with van der Waals surface area (Å²) >= 11 is 0. The Morgan fingerprint density at radius 2 is 1.52 bits per heavy atom. The molecule has 118 valence electrons. The van der Waals surface area contributed by atoms with Crippen LogP contribution in [0.15, 0.2) is 66.4 Å². The first-order valence-corrected chi connectivity index (χ1v) is 8.35. The Morgan fingerprint density at radius 1 is 0.913 bits per heavy atom. The first-order chi connectivity index (χ1) is 11.3. The van der Waals surface area contributed by atoms with Crippen LogP contribution in [0.1, 0.15) is 43.7 Å². The molecule has 0 aromatic heterocycles. The van der Waals surface area contributed by atoms with E-state index in [2.05, 4.69) is 36.4 Å². The topological polar surface area (TPSA) is 20.3 Å². The molecule has 0 aliphatic heterocycles. The van der Waals surface area contributed by atoms with Gasteiger partial charge in [0.1, 0.15) is 0 Å². The van der Waals surface area contributed by atoms with Gasteiger partial charge in [-0.15, -0.1) is 0 Å². The lowest BCUT2D eigenvalue weighted by molar-refractivity contribution is -0.127. The second kappa shape index (κ2) is 7.28. The minimum Gasteiger partial charge on any atom is -0.312 e. The lowest BCUT2D eigenvalue weighted by atomic mass is 9.90. The molecule has 0 saturated carbocycles. The molecule has 1 aliphatic carbocycles. The largest absolute Gasteiger partial charge is 0.312 e. The van der Waals surface area contributed by atoms with Gasteiger partial charge in [0.15, 0.2) is 0 Å². The molecule has 2 aromatic carbocycles. The van der Waals surface area contributed by atoms with Gasteiger partial charge in [-0.3, -0.25) is 4.79 Å². The summed E-state index contributed by atoms with van der Waals surface area (Å²) in [5.41, 5.74) is 4.97. The van der Waals surface area contributed by atoms with Gasteiger partial charge in [0.05, 0.1) is 6.54 Å². The van der Waals surface area contributed by atoms with Crippen molar-refractivity contribution in [1.29, 1.82) is 0 Å². The Hall–Kier alpha value is -2.35. The van der Waals surface area contributed by atoms with Gasteiger partial charge in [0, 0.05) is 12.6 Å². The van der Waals surface area contributed by atoms with Crippen LogP contribution in [0.5, 0.6) is 0 Å². The summed E-state index contributed by atoms with van der Waals surface area (Å²) in [4.78, 5) is 14.3. The van der Waals surface area contributed by atoms with Gasteiger partial charge in [-0.05, 0) is 42.4 Å². The molecule has 0 spiro atoms. The van der Waals surface area contributed by atoms with Crippen LogP contribution in [0.25, 0.3) is 5.57 Å². The van der Waals surface area contributed by atoms with E-state index in [1.807, 2.05) is 29.2 Å². The van der Waals surface area contributed by atoms with Gasteiger partial charge in [-0.2, -0.15) is 0 Å². The maximum absolute atomic E-state index is 12.3. The second-order valence-corrected chi connectivity index (χ2v) is 6.09. The molecule has 0 unspecified atom stereocenters. The third-order valence-corrected chi connectivity index (χ3v) is 4.45. The molecule has 0 fully saturated rings. The second-order valence-electron chi connectivity index (χ2n) is 6.09. The summed E-state index contributed by atoms with van der Waals surface area (Å²) in [6.07, 6.45) is 4.39. The Balaban J connectivity index is 1.98. The van der Waals surface area contributed by atoms with E-state index in [9.17, 15) is 4.79 Å². The minimum absolute atomic E-state index is 0.124. The average molecular weight is 305 g/mol. The van der Waals surface area contributed by atoms with Crippen molar-refractivity contribution in [2.45, 2.75) is 39.2 Å². The summed E-state index contributed by atoms with van der Waals surface area (Å²) in [6, 6.07) is 20.7. The summed E-state index contributed by atoms with van der Waals surface area (Å²) in [5, 5.41) is 0. The van der Waals surface area contributed by atoms with Gasteiger partial charge in [0.25, 0.3) is 0 Å². The summed E-state index contributed by atoms with van der Waals surface area (Å²) in [7, 11) is 0. The molecular weight excluding hydrogens is 282 g/mol. The van der Waals surface area contributed by atoms with Crippen molar-refractivity contribution in [3.63, 3.8) is 0 Å². The van der Waals surface area contributed by atoms with Gasteiger partial charge in [0.2, 0.25) is 5.91 Å². The highest BCUT2D eigenvalue weighted by molar-refractivity contribution is 5.80. The van der Waals surface area contributed by atoms with Crippen molar-refractivity contribution in [2.75, 3.05) is 0 Å². The first kappa shape index (κ1) is 15.5. The van der Waals surface area contributed by atoms with Gasteiger partial charge in [-0.25, -0.2) is 0 Å². The Morgan fingerprint density at radius 3 is 2.17 bits per heavy atom. The smallest absolute Gasteiger partial charge is 0.223 e. The molecule has 23 heavy (non-hydrogen) atoms. The molecule has 0 heterocycles. The lowest BCUT2D eigenvalue weighted by Crippen LogP contribution is -2.29. The summed E-state index contributed by atoms with van der Waals surface area (Å²) < 4.78 is 0. The quantitative estimate of drug-likeness (QED) is 0.776. The Bertz CT molecular complexity index is 688. The van der Waals surface area contributed by atoms with Gasteiger partial charge in [-0.1, -0.05) is 60.7 Å². The fourth-order valence-corrected chi connectivity index (χ4v) is 3.30. The van der Waals surface area contributed by atoms with E-state index in [0.29, 0.717) is 6.54 Å². The molecule has 0 bridgehead atoms.